The predicted molar refractivity (Wildman–Crippen MR) is 103 cm³/mol. The molecule has 1 heterocycles. The molecule has 1 aromatic heterocycles. The van der Waals surface area contributed by atoms with Gasteiger partial charge in [-0.1, -0.05) is 32.9 Å². The number of halogens is 1. The molecule has 0 amide bonds. The molecule has 26 heavy (non-hydrogen) atoms. The van der Waals surface area contributed by atoms with Gasteiger partial charge >= 0.3 is 5.97 Å². The number of esters is 1. The number of nitrogens with zero attached hydrogens (tertiary/aromatic N) is 1. The minimum atomic E-state index is -0.540. The Kier molecular flexibility index (Phi) is 6.17. The molecule has 0 aliphatic heterocycles. The zero-order valence-corrected chi connectivity index (χ0v) is 16.5. The van der Waals surface area contributed by atoms with E-state index in [-0.39, 0.29) is 18.3 Å². The summed E-state index contributed by atoms with van der Waals surface area (Å²) in [5, 5.41) is 0. The lowest BCUT2D eigenvalue weighted by Gasteiger charge is -2.23. The van der Waals surface area contributed by atoms with Crippen molar-refractivity contribution in [1.29, 1.82) is 0 Å². The standard InChI is InChI=1S/C22H28FNO2/c1-7-15-10-17(14(2)3)19(13-21(25)26-22(4,5)6)18(11-15)16-8-9-24-20(23)12-16/h8-12,14H,7,13H2,1-6H3. The van der Waals surface area contributed by atoms with Crippen LogP contribution in [0.15, 0.2) is 30.5 Å². The molecule has 4 heteroatoms. The van der Waals surface area contributed by atoms with Crippen molar-refractivity contribution in [3.8, 4) is 11.1 Å². The summed E-state index contributed by atoms with van der Waals surface area (Å²) in [6, 6.07) is 7.38. The van der Waals surface area contributed by atoms with Crippen LogP contribution in [0.1, 0.15) is 64.2 Å². The zero-order valence-electron chi connectivity index (χ0n) is 16.5. The summed E-state index contributed by atoms with van der Waals surface area (Å²) in [5.41, 5.74) is 4.23. The Morgan fingerprint density at radius 2 is 1.92 bits per heavy atom. The fraction of sp³-hybridized carbons (Fsp3) is 0.455. The molecule has 0 bridgehead atoms. The van der Waals surface area contributed by atoms with Crippen LogP contribution in [0.25, 0.3) is 11.1 Å². The molecule has 0 saturated heterocycles. The molecular formula is C22H28FNO2. The van der Waals surface area contributed by atoms with Crippen LogP contribution >= 0.6 is 0 Å². The van der Waals surface area contributed by atoms with Gasteiger partial charge in [-0.2, -0.15) is 4.39 Å². The summed E-state index contributed by atoms with van der Waals surface area (Å²) in [7, 11) is 0. The van der Waals surface area contributed by atoms with Crippen LogP contribution in [0, 0.1) is 5.95 Å². The van der Waals surface area contributed by atoms with Crippen LogP contribution in [-0.2, 0) is 22.4 Å². The van der Waals surface area contributed by atoms with Gasteiger partial charge in [0.25, 0.3) is 0 Å². The van der Waals surface area contributed by atoms with Gasteiger partial charge in [-0.25, -0.2) is 4.98 Å². The van der Waals surface area contributed by atoms with Crippen LogP contribution in [0.3, 0.4) is 0 Å². The van der Waals surface area contributed by atoms with E-state index in [0.29, 0.717) is 0 Å². The number of aryl methyl sites for hydroxylation is 1. The molecule has 0 N–H and O–H groups in total. The van der Waals surface area contributed by atoms with Gasteiger partial charge in [0.15, 0.2) is 0 Å². The number of ether oxygens (including phenoxy) is 1. The largest absolute Gasteiger partial charge is 0.460 e. The first-order valence-corrected chi connectivity index (χ1v) is 9.10. The van der Waals surface area contributed by atoms with E-state index in [1.54, 1.807) is 6.07 Å². The van der Waals surface area contributed by atoms with Crippen LogP contribution in [0.5, 0.6) is 0 Å². The monoisotopic (exact) mass is 357 g/mol. The highest BCUT2D eigenvalue weighted by atomic mass is 19.1. The second kappa shape index (κ2) is 7.98. The van der Waals surface area contributed by atoms with Gasteiger partial charge in [0.05, 0.1) is 6.42 Å². The van der Waals surface area contributed by atoms with E-state index < -0.39 is 11.5 Å². The third kappa shape index (κ3) is 5.13. The SMILES string of the molecule is CCc1cc(-c2ccnc(F)c2)c(CC(=O)OC(C)(C)C)c(C(C)C)c1. The topological polar surface area (TPSA) is 39.2 Å². The molecule has 0 radical (unpaired) electrons. The van der Waals surface area contributed by atoms with Crippen molar-refractivity contribution >= 4 is 5.97 Å². The lowest BCUT2D eigenvalue weighted by molar-refractivity contribution is -0.153. The first-order valence-electron chi connectivity index (χ1n) is 9.10. The Morgan fingerprint density at radius 1 is 1.23 bits per heavy atom. The van der Waals surface area contributed by atoms with E-state index in [1.165, 1.54) is 12.3 Å². The van der Waals surface area contributed by atoms with Crippen molar-refractivity contribution in [3.05, 3.63) is 53.1 Å². The van der Waals surface area contributed by atoms with E-state index in [9.17, 15) is 9.18 Å². The zero-order chi connectivity index (χ0) is 19.5. The van der Waals surface area contributed by atoms with E-state index in [2.05, 4.69) is 31.8 Å². The maximum Gasteiger partial charge on any atom is 0.310 e. The summed E-state index contributed by atoms with van der Waals surface area (Å²) < 4.78 is 19.2. The third-order valence-corrected chi connectivity index (χ3v) is 4.15. The molecule has 1 aromatic carbocycles. The van der Waals surface area contributed by atoms with Gasteiger partial charge in [0.2, 0.25) is 5.95 Å². The Labute approximate surface area is 155 Å². The smallest absolute Gasteiger partial charge is 0.310 e. The highest BCUT2D eigenvalue weighted by molar-refractivity contribution is 5.79. The number of aromatic nitrogens is 1. The Balaban J connectivity index is 2.60. The Morgan fingerprint density at radius 3 is 2.46 bits per heavy atom. The van der Waals surface area contributed by atoms with Gasteiger partial charge in [-0.05, 0) is 67.0 Å². The number of carbonyl (C=O) groups excluding carboxylic acids is 1. The predicted octanol–water partition coefficient (Wildman–Crippen LogP) is 5.46. The summed E-state index contributed by atoms with van der Waals surface area (Å²) in [6.45, 7) is 11.9. The van der Waals surface area contributed by atoms with Crippen molar-refractivity contribution in [3.63, 3.8) is 0 Å². The number of carbonyl (C=O) groups is 1. The quantitative estimate of drug-likeness (QED) is 0.527. The Hall–Kier alpha value is -2.23. The number of pyridine rings is 1. The second-order valence-corrected chi connectivity index (χ2v) is 7.85. The van der Waals surface area contributed by atoms with Crippen molar-refractivity contribution in [2.75, 3.05) is 0 Å². The fourth-order valence-corrected chi connectivity index (χ4v) is 3.02. The first-order chi connectivity index (χ1) is 12.1. The van der Waals surface area contributed by atoms with Gasteiger partial charge in [-0.15, -0.1) is 0 Å². The van der Waals surface area contributed by atoms with Gasteiger partial charge in [-0.3, -0.25) is 4.79 Å². The van der Waals surface area contributed by atoms with Crippen LogP contribution in [0.4, 0.5) is 4.39 Å². The molecule has 140 valence electrons. The highest BCUT2D eigenvalue weighted by Crippen LogP contribution is 2.33. The molecule has 0 saturated carbocycles. The van der Waals surface area contributed by atoms with Crippen molar-refractivity contribution in [1.82, 2.24) is 4.98 Å². The third-order valence-electron chi connectivity index (χ3n) is 4.15. The summed E-state index contributed by atoms with van der Waals surface area (Å²) >= 11 is 0. The van der Waals surface area contributed by atoms with E-state index in [1.807, 2.05) is 26.8 Å². The van der Waals surface area contributed by atoms with Crippen molar-refractivity contribution < 1.29 is 13.9 Å². The van der Waals surface area contributed by atoms with Gasteiger partial charge in [0.1, 0.15) is 5.60 Å². The number of hydrogen-bond donors (Lipinski definition) is 0. The lowest BCUT2D eigenvalue weighted by Crippen LogP contribution is -2.25. The minimum Gasteiger partial charge on any atom is -0.460 e. The normalized spacial score (nSPS) is 11.7. The molecule has 0 fully saturated rings. The van der Waals surface area contributed by atoms with Crippen LogP contribution in [0.2, 0.25) is 0 Å². The molecule has 0 atom stereocenters. The number of rotatable bonds is 5. The molecular weight excluding hydrogens is 329 g/mol. The Bertz CT molecular complexity index is 791. The lowest BCUT2D eigenvalue weighted by atomic mass is 9.86. The number of benzene rings is 1. The molecule has 2 rings (SSSR count). The molecule has 0 aliphatic rings. The van der Waals surface area contributed by atoms with Gasteiger partial charge < -0.3 is 4.74 Å². The highest BCUT2D eigenvalue weighted by Gasteiger charge is 2.22. The van der Waals surface area contributed by atoms with Gasteiger partial charge in [0, 0.05) is 12.3 Å². The first kappa shape index (κ1) is 20.1. The number of hydrogen-bond acceptors (Lipinski definition) is 3. The maximum atomic E-state index is 13.7. The van der Waals surface area contributed by atoms with Crippen LogP contribution < -0.4 is 0 Å². The molecule has 3 nitrogen and oxygen atoms in total. The fourth-order valence-electron chi connectivity index (χ4n) is 3.02. The van der Waals surface area contributed by atoms with E-state index in [4.69, 9.17) is 4.74 Å². The molecule has 0 unspecified atom stereocenters. The van der Waals surface area contributed by atoms with E-state index >= 15 is 0 Å². The maximum absolute atomic E-state index is 13.7. The minimum absolute atomic E-state index is 0.161. The van der Waals surface area contributed by atoms with E-state index in [0.717, 1.165) is 34.2 Å². The average molecular weight is 357 g/mol. The second-order valence-electron chi connectivity index (χ2n) is 7.85. The molecule has 2 aromatic rings. The summed E-state index contributed by atoms with van der Waals surface area (Å²) in [6.07, 6.45) is 2.48. The van der Waals surface area contributed by atoms with Crippen molar-refractivity contribution in [2.45, 2.75) is 65.9 Å². The summed E-state index contributed by atoms with van der Waals surface area (Å²) in [5.74, 6) is -0.567. The van der Waals surface area contributed by atoms with Crippen LogP contribution in [-0.4, -0.2) is 16.6 Å². The molecule has 0 spiro atoms. The molecule has 0 aliphatic carbocycles. The average Bonchev–Trinajstić information content (AvgIpc) is 2.52. The van der Waals surface area contributed by atoms with Crippen molar-refractivity contribution in [2.24, 2.45) is 0 Å². The summed E-state index contributed by atoms with van der Waals surface area (Å²) in [4.78, 5) is 16.1.